The van der Waals surface area contributed by atoms with Crippen molar-refractivity contribution in [3.05, 3.63) is 22.4 Å². The fourth-order valence-corrected chi connectivity index (χ4v) is 3.05. The molecule has 0 bridgehead atoms. The van der Waals surface area contributed by atoms with Gasteiger partial charge in [-0.25, -0.2) is 0 Å². The molecule has 0 radical (unpaired) electrons. The number of likely N-dealkylation sites (tertiary alicyclic amines) is 1. The predicted octanol–water partition coefficient (Wildman–Crippen LogP) is 3.43. The van der Waals surface area contributed by atoms with Gasteiger partial charge < -0.3 is 4.90 Å². The van der Waals surface area contributed by atoms with Gasteiger partial charge in [0.2, 0.25) is 5.91 Å². The maximum absolute atomic E-state index is 12.1. The van der Waals surface area contributed by atoms with Gasteiger partial charge in [-0.1, -0.05) is 12.8 Å². The van der Waals surface area contributed by atoms with Gasteiger partial charge >= 0.3 is 0 Å². The number of amides is 1. The first-order valence-corrected chi connectivity index (χ1v) is 7.12. The third kappa shape index (κ3) is 2.77. The first-order chi connectivity index (χ1) is 7.79. The molecule has 1 aliphatic heterocycles. The number of hydrogen-bond donors (Lipinski definition) is 0. The van der Waals surface area contributed by atoms with Crippen molar-refractivity contribution in [2.75, 3.05) is 13.1 Å². The Morgan fingerprint density at radius 1 is 1.31 bits per heavy atom. The highest BCUT2D eigenvalue weighted by molar-refractivity contribution is 7.08. The van der Waals surface area contributed by atoms with Gasteiger partial charge in [-0.15, -0.1) is 11.6 Å². The molecule has 1 saturated heterocycles. The summed E-state index contributed by atoms with van der Waals surface area (Å²) in [4.78, 5) is 14.1. The number of carbonyl (C=O) groups excluding carboxylic acids is 1. The van der Waals surface area contributed by atoms with Crippen molar-refractivity contribution in [3.63, 3.8) is 0 Å². The van der Waals surface area contributed by atoms with E-state index in [-0.39, 0.29) is 5.91 Å². The van der Waals surface area contributed by atoms with E-state index in [2.05, 4.69) is 0 Å². The minimum atomic E-state index is -0.496. The topological polar surface area (TPSA) is 20.3 Å². The van der Waals surface area contributed by atoms with E-state index in [1.807, 2.05) is 21.7 Å². The number of nitrogens with zero attached hydrogens (tertiary/aromatic N) is 1. The van der Waals surface area contributed by atoms with E-state index in [0.29, 0.717) is 0 Å². The third-order valence-corrected chi connectivity index (χ3v) is 4.11. The summed E-state index contributed by atoms with van der Waals surface area (Å²) >= 11 is 7.78. The van der Waals surface area contributed by atoms with E-state index in [4.69, 9.17) is 11.6 Å². The second-order valence-electron chi connectivity index (χ2n) is 4.16. The smallest absolute Gasteiger partial charge is 0.245 e. The second-order valence-corrected chi connectivity index (χ2v) is 5.38. The Kier molecular flexibility index (Phi) is 4.24. The molecule has 1 atom stereocenters. The Bertz CT molecular complexity index is 331. The van der Waals surface area contributed by atoms with Crippen LogP contribution in [0.1, 0.15) is 36.6 Å². The van der Waals surface area contributed by atoms with Crippen molar-refractivity contribution >= 4 is 28.8 Å². The Morgan fingerprint density at radius 2 is 2.00 bits per heavy atom. The van der Waals surface area contributed by atoms with Gasteiger partial charge in [0.1, 0.15) is 5.38 Å². The zero-order valence-electron chi connectivity index (χ0n) is 9.19. The molecule has 1 unspecified atom stereocenters. The van der Waals surface area contributed by atoms with Gasteiger partial charge in [-0.2, -0.15) is 11.3 Å². The summed E-state index contributed by atoms with van der Waals surface area (Å²) in [5.74, 6) is 0.0713. The Morgan fingerprint density at radius 3 is 2.56 bits per heavy atom. The van der Waals surface area contributed by atoms with Crippen molar-refractivity contribution < 1.29 is 4.79 Å². The number of thiophene rings is 1. The normalized spacial score (nSPS) is 19.2. The largest absolute Gasteiger partial charge is 0.341 e. The van der Waals surface area contributed by atoms with Crippen LogP contribution in [0.5, 0.6) is 0 Å². The Balaban J connectivity index is 2.00. The van der Waals surface area contributed by atoms with Gasteiger partial charge in [-0.3, -0.25) is 4.79 Å². The van der Waals surface area contributed by atoms with E-state index in [9.17, 15) is 4.79 Å². The van der Waals surface area contributed by atoms with E-state index in [0.717, 1.165) is 31.5 Å². The van der Waals surface area contributed by atoms with Gasteiger partial charge in [-0.05, 0) is 35.2 Å². The lowest BCUT2D eigenvalue weighted by Crippen LogP contribution is -2.34. The van der Waals surface area contributed by atoms with Crippen molar-refractivity contribution in [2.45, 2.75) is 31.1 Å². The SMILES string of the molecule is O=C(C(Cl)c1ccsc1)N1CCCCCC1. The van der Waals surface area contributed by atoms with Crippen LogP contribution in [0.2, 0.25) is 0 Å². The zero-order chi connectivity index (χ0) is 11.4. The molecule has 1 aromatic rings. The molecule has 2 rings (SSSR count). The van der Waals surface area contributed by atoms with Crippen LogP contribution in [0.25, 0.3) is 0 Å². The molecule has 0 N–H and O–H groups in total. The molecular weight excluding hydrogens is 242 g/mol. The van der Waals surface area contributed by atoms with Crippen molar-refractivity contribution in [1.29, 1.82) is 0 Å². The lowest BCUT2D eigenvalue weighted by molar-refractivity contribution is -0.130. The van der Waals surface area contributed by atoms with Gasteiger partial charge in [0.15, 0.2) is 0 Å². The highest BCUT2D eigenvalue weighted by Crippen LogP contribution is 2.26. The molecule has 2 heterocycles. The van der Waals surface area contributed by atoms with Gasteiger partial charge in [0.05, 0.1) is 0 Å². The van der Waals surface area contributed by atoms with Crippen LogP contribution in [0, 0.1) is 0 Å². The van der Waals surface area contributed by atoms with E-state index in [1.165, 1.54) is 12.8 Å². The fraction of sp³-hybridized carbons (Fsp3) is 0.583. The summed E-state index contributed by atoms with van der Waals surface area (Å²) in [7, 11) is 0. The molecule has 0 aromatic carbocycles. The molecule has 0 saturated carbocycles. The summed E-state index contributed by atoms with van der Waals surface area (Å²) in [6.07, 6.45) is 4.68. The molecule has 1 fully saturated rings. The van der Waals surface area contributed by atoms with Crippen LogP contribution >= 0.6 is 22.9 Å². The fourth-order valence-electron chi connectivity index (χ4n) is 2.01. The average Bonchev–Trinajstić information content (AvgIpc) is 2.70. The molecule has 88 valence electrons. The van der Waals surface area contributed by atoms with Crippen LogP contribution in [-0.4, -0.2) is 23.9 Å². The summed E-state index contributed by atoms with van der Waals surface area (Å²) < 4.78 is 0. The molecule has 16 heavy (non-hydrogen) atoms. The molecule has 1 aliphatic rings. The van der Waals surface area contributed by atoms with Crippen LogP contribution in [0.3, 0.4) is 0 Å². The number of halogens is 1. The quantitative estimate of drug-likeness (QED) is 0.744. The van der Waals surface area contributed by atoms with Crippen molar-refractivity contribution in [2.24, 2.45) is 0 Å². The summed E-state index contributed by atoms with van der Waals surface area (Å²) in [5, 5.41) is 3.41. The molecule has 1 aromatic heterocycles. The number of carbonyl (C=O) groups is 1. The molecule has 2 nitrogen and oxygen atoms in total. The minimum absolute atomic E-state index is 0.0713. The minimum Gasteiger partial charge on any atom is -0.341 e. The Labute approximate surface area is 105 Å². The van der Waals surface area contributed by atoms with E-state index >= 15 is 0 Å². The molecular formula is C12H16ClNOS. The maximum Gasteiger partial charge on any atom is 0.245 e. The summed E-state index contributed by atoms with van der Waals surface area (Å²) in [6.45, 7) is 1.73. The predicted molar refractivity (Wildman–Crippen MR) is 68.0 cm³/mol. The van der Waals surface area contributed by atoms with Crippen molar-refractivity contribution in [1.82, 2.24) is 4.90 Å². The highest BCUT2D eigenvalue weighted by atomic mass is 35.5. The van der Waals surface area contributed by atoms with Crippen molar-refractivity contribution in [3.8, 4) is 0 Å². The van der Waals surface area contributed by atoms with Crippen LogP contribution in [0.4, 0.5) is 0 Å². The third-order valence-electron chi connectivity index (χ3n) is 2.97. The molecule has 0 spiro atoms. The first kappa shape index (κ1) is 11.9. The monoisotopic (exact) mass is 257 g/mol. The molecule has 0 aliphatic carbocycles. The number of rotatable bonds is 2. The zero-order valence-corrected chi connectivity index (χ0v) is 10.8. The molecule has 1 amide bonds. The number of alkyl halides is 1. The first-order valence-electron chi connectivity index (χ1n) is 5.74. The maximum atomic E-state index is 12.1. The van der Waals surface area contributed by atoms with Gasteiger partial charge in [0, 0.05) is 13.1 Å². The van der Waals surface area contributed by atoms with E-state index in [1.54, 1.807) is 11.3 Å². The Hall–Kier alpha value is -0.540. The van der Waals surface area contributed by atoms with Crippen LogP contribution in [0.15, 0.2) is 16.8 Å². The second kappa shape index (κ2) is 5.69. The lowest BCUT2D eigenvalue weighted by atomic mass is 10.2. The number of hydrogen-bond acceptors (Lipinski definition) is 2. The summed E-state index contributed by atoms with van der Waals surface area (Å²) in [5.41, 5.74) is 0.931. The standard InChI is InChI=1S/C12H16ClNOS/c13-11(10-5-8-16-9-10)12(15)14-6-3-1-2-4-7-14/h5,8-9,11H,1-4,6-7H2. The van der Waals surface area contributed by atoms with Gasteiger partial charge in [0.25, 0.3) is 0 Å². The van der Waals surface area contributed by atoms with E-state index < -0.39 is 5.38 Å². The molecule has 4 heteroatoms. The van der Waals surface area contributed by atoms with Crippen LogP contribution in [-0.2, 0) is 4.79 Å². The average molecular weight is 258 g/mol. The highest BCUT2D eigenvalue weighted by Gasteiger charge is 2.24. The lowest BCUT2D eigenvalue weighted by Gasteiger charge is -2.22. The van der Waals surface area contributed by atoms with Crippen LogP contribution < -0.4 is 0 Å². The summed E-state index contributed by atoms with van der Waals surface area (Å²) in [6, 6.07) is 1.93.